The Morgan fingerprint density at radius 1 is 0.974 bits per heavy atom. The fourth-order valence-corrected chi connectivity index (χ4v) is 3.24. The predicted octanol–water partition coefficient (Wildman–Crippen LogP) is 5.69. The van der Waals surface area contributed by atoms with Crippen molar-refractivity contribution >= 4 is 23.8 Å². The smallest absolute Gasteiger partial charge is 0.303 e. The standard InChI is InChI=1S/C18H14F2N4O.C9H8F2O2/c1-11-17(13-6-8-21-9-7-13)23-24-18(11)22-16(25)5-3-12-2-4-14(19)10-15(12)20;10-7-3-1-6(8(11)5-7)2-4-9(12)13/h2-10H,1H3,(H2,22,23,24,25);1,3,5H,2,4H2,(H,12,13). The first-order chi connectivity index (χ1) is 18.1. The van der Waals surface area contributed by atoms with E-state index in [1.807, 2.05) is 19.1 Å². The van der Waals surface area contributed by atoms with Crippen LogP contribution in [0.3, 0.4) is 0 Å². The third kappa shape index (κ3) is 7.85. The molecule has 2 heterocycles. The Hall–Kier alpha value is -4.80. The lowest BCUT2D eigenvalue weighted by atomic mass is 10.1. The quantitative estimate of drug-likeness (QED) is 0.212. The first-order valence-electron chi connectivity index (χ1n) is 11.2. The number of rotatable bonds is 7. The fourth-order valence-electron chi connectivity index (χ4n) is 3.24. The van der Waals surface area contributed by atoms with Crippen LogP contribution in [0.15, 0.2) is 67.0 Å². The Morgan fingerprint density at radius 2 is 1.63 bits per heavy atom. The number of anilines is 1. The molecule has 2 aromatic carbocycles. The summed E-state index contributed by atoms with van der Waals surface area (Å²) in [5.74, 6) is -3.77. The Kier molecular flexibility index (Phi) is 9.47. The summed E-state index contributed by atoms with van der Waals surface area (Å²) < 4.78 is 51.7. The Morgan fingerprint density at radius 3 is 2.26 bits per heavy atom. The number of nitrogens with zero attached hydrogens (tertiary/aromatic N) is 2. The van der Waals surface area contributed by atoms with E-state index in [9.17, 15) is 27.2 Å². The average Bonchev–Trinajstić information content (AvgIpc) is 3.23. The number of hydrogen-bond acceptors (Lipinski definition) is 4. The van der Waals surface area contributed by atoms with Crippen molar-refractivity contribution in [2.45, 2.75) is 19.8 Å². The molecule has 196 valence electrons. The van der Waals surface area contributed by atoms with Gasteiger partial charge in [-0.2, -0.15) is 5.10 Å². The van der Waals surface area contributed by atoms with Gasteiger partial charge in [0.05, 0.1) is 5.69 Å². The zero-order chi connectivity index (χ0) is 27.7. The van der Waals surface area contributed by atoms with Crippen molar-refractivity contribution in [1.82, 2.24) is 15.2 Å². The molecule has 11 heteroatoms. The maximum absolute atomic E-state index is 13.5. The molecule has 0 radical (unpaired) electrons. The molecule has 0 atom stereocenters. The summed E-state index contributed by atoms with van der Waals surface area (Å²) in [5.41, 5.74) is 2.68. The number of pyridine rings is 1. The molecule has 2 aromatic heterocycles. The molecule has 0 saturated carbocycles. The van der Waals surface area contributed by atoms with Crippen LogP contribution in [0.4, 0.5) is 23.4 Å². The van der Waals surface area contributed by atoms with Crippen molar-refractivity contribution in [1.29, 1.82) is 0 Å². The SMILES string of the molecule is Cc1c(-c2ccncc2)n[nH]c1NC(=O)C=Cc1ccc(F)cc1F.O=C(O)CCc1ccc(F)cc1F. The molecule has 38 heavy (non-hydrogen) atoms. The summed E-state index contributed by atoms with van der Waals surface area (Å²) in [4.78, 5) is 26.1. The molecule has 0 fully saturated rings. The third-order valence-electron chi connectivity index (χ3n) is 5.21. The number of aryl methyl sites for hydroxylation is 1. The summed E-state index contributed by atoms with van der Waals surface area (Å²) >= 11 is 0. The number of benzene rings is 2. The zero-order valence-corrected chi connectivity index (χ0v) is 20.0. The zero-order valence-electron chi connectivity index (χ0n) is 20.0. The first-order valence-corrected chi connectivity index (χ1v) is 11.2. The molecule has 4 aromatic rings. The lowest BCUT2D eigenvalue weighted by Crippen LogP contribution is -2.09. The van der Waals surface area contributed by atoms with E-state index in [0.29, 0.717) is 11.5 Å². The van der Waals surface area contributed by atoms with Crippen molar-refractivity contribution in [3.63, 3.8) is 0 Å². The van der Waals surface area contributed by atoms with E-state index < -0.39 is 35.1 Å². The molecule has 0 bridgehead atoms. The number of hydrogen-bond donors (Lipinski definition) is 3. The molecule has 0 saturated heterocycles. The first kappa shape index (κ1) is 27.8. The normalized spacial score (nSPS) is 10.7. The molecule has 7 nitrogen and oxygen atoms in total. The minimum absolute atomic E-state index is 0.0848. The highest BCUT2D eigenvalue weighted by atomic mass is 19.1. The summed E-state index contributed by atoms with van der Waals surface area (Å²) in [7, 11) is 0. The predicted molar refractivity (Wildman–Crippen MR) is 133 cm³/mol. The number of nitrogens with one attached hydrogen (secondary N) is 2. The number of amides is 1. The third-order valence-corrected chi connectivity index (χ3v) is 5.21. The van der Waals surface area contributed by atoms with Gasteiger partial charge >= 0.3 is 5.97 Å². The van der Waals surface area contributed by atoms with Crippen LogP contribution in [0, 0.1) is 30.2 Å². The largest absolute Gasteiger partial charge is 0.481 e. The van der Waals surface area contributed by atoms with Crippen molar-refractivity contribution < 1.29 is 32.3 Å². The van der Waals surface area contributed by atoms with Gasteiger partial charge in [0.15, 0.2) is 0 Å². The van der Waals surface area contributed by atoms with Crippen molar-refractivity contribution in [3.8, 4) is 11.3 Å². The van der Waals surface area contributed by atoms with Crippen LogP contribution in [0.5, 0.6) is 0 Å². The van der Waals surface area contributed by atoms with E-state index in [2.05, 4.69) is 20.5 Å². The minimum Gasteiger partial charge on any atom is -0.481 e. The highest BCUT2D eigenvalue weighted by Gasteiger charge is 2.12. The molecule has 0 aliphatic carbocycles. The molecular weight excluding hydrogens is 504 g/mol. The second-order valence-corrected chi connectivity index (χ2v) is 7.93. The fraction of sp³-hybridized carbons (Fsp3) is 0.111. The van der Waals surface area contributed by atoms with Crippen LogP contribution in [0.1, 0.15) is 23.1 Å². The van der Waals surface area contributed by atoms with Crippen molar-refractivity contribution in [3.05, 3.63) is 107 Å². The second-order valence-electron chi connectivity index (χ2n) is 7.93. The number of H-pyrrole nitrogens is 1. The summed E-state index contributed by atoms with van der Waals surface area (Å²) in [6, 6.07) is 9.89. The van der Waals surface area contributed by atoms with Gasteiger partial charge in [-0.1, -0.05) is 6.07 Å². The molecule has 4 rings (SSSR count). The van der Waals surface area contributed by atoms with Gasteiger partial charge in [0.1, 0.15) is 29.1 Å². The lowest BCUT2D eigenvalue weighted by molar-refractivity contribution is -0.137. The number of aromatic amines is 1. The van der Waals surface area contributed by atoms with Crippen molar-refractivity contribution in [2.24, 2.45) is 0 Å². The van der Waals surface area contributed by atoms with Gasteiger partial charge in [-0.3, -0.25) is 19.7 Å². The summed E-state index contributed by atoms with van der Waals surface area (Å²) in [6.45, 7) is 1.82. The number of carbonyl (C=O) groups excluding carboxylic acids is 1. The monoisotopic (exact) mass is 526 g/mol. The Bertz CT molecular complexity index is 1460. The van der Waals surface area contributed by atoms with E-state index in [1.165, 1.54) is 24.3 Å². The second kappa shape index (κ2) is 12.9. The molecule has 1 amide bonds. The van der Waals surface area contributed by atoms with Gasteiger partial charge in [-0.05, 0) is 55.3 Å². The highest BCUT2D eigenvalue weighted by molar-refractivity contribution is 6.02. The number of halogens is 4. The van der Waals surface area contributed by atoms with Crippen LogP contribution in [0.25, 0.3) is 17.3 Å². The van der Waals surface area contributed by atoms with Gasteiger partial charge in [0, 0.05) is 53.7 Å². The Labute approximate surface area is 214 Å². The molecule has 0 aliphatic heterocycles. The average molecular weight is 526 g/mol. The van der Waals surface area contributed by atoms with Crippen LogP contribution in [-0.2, 0) is 16.0 Å². The van der Waals surface area contributed by atoms with Gasteiger partial charge < -0.3 is 10.4 Å². The van der Waals surface area contributed by atoms with Crippen LogP contribution in [-0.4, -0.2) is 32.2 Å². The summed E-state index contributed by atoms with van der Waals surface area (Å²) in [5, 5.41) is 17.9. The van der Waals surface area contributed by atoms with Gasteiger partial charge in [-0.25, -0.2) is 17.6 Å². The van der Waals surface area contributed by atoms with Gasteiger partial charge in [0.25, 0.3) is 0 Å². The highest BCUT2D eigenvalue weighted by Crippen LogP contribution is 2.25. The number of carboxylic acids is 1. The van der Waals surface area contributed by atoms with E-state index >= 15 is 0 Å². The molecule has 3 N–H and O–H groups in total. The topological polar surface area (TPSA) is 108 Å². The van der Waals surface area contributed by atoms with Crippen LogP contribution >= 0.6 is 0 Å². The maximum atomic E-state index is 13.5. The molecular formula is C27H22F4N4O3. The Balaban J connectivity index is 0.000000260. The van der Waals surface area contributed by atoms with E-state index in [1.54, 1.807) is 12.4 Å². The van der Waals surface area contributed by atoms with E-state index in [0.717, 1.165) is 35.4 Å². The summed E-state index contributed by atoms with van der Waals surface area (Å²) in [6.07, 6.45) is 5.69. The van der Waals surface area contributed by atoms with Crippen LogP contribution < -0.4 is 5.32 Å². The van der Waals surface area contributed by atoms with E-state index in [-0.39, 0.29) is 24.0 Å². The number of carboxylic acid groups (broad SMARTS) is 1. The van der Waals surface area contributed by atoms with Gasteiger partial charge in [0.2, 0.25) is 5.91 Å². The lowest BCUT2D eigenvalue weighted by Gasteiger charge is -2.01. The number of carbonyl (C=O) groups is 2. The number of aliphatic carboxylic acids is 1. The van der Waals surface area contributed by atoms with Crippen LogP contribution in [0.2, 0.25) is 0 Å². The molecule has 0 unspecified atom stereocenters. The van der Waals surface area contributed by atoms with Crippen molar-refractivity contribution in [2.75, 3.05) is 5.32 Å². The maximum Gasteiger partial charge on any atom is 0.303 e. The molecule has 0 aliphatic rings. The number of aromatic nitrogens is 3. The minimum atomic E-state index is -0.997. The molecule has 0 spiro atoms. The van der Waals surface area contributed by atoms with Gasteiger partial charge in [-0.15, -0.1) is 0 Å². The van der Waals surface area contributed by atoms with E-state index in [4.69, 9.17) is 5.11 Å².